The number of carbonyl (C=O) groups excluding carboxylic acids is 2. The van der Waals surface area contributed by atoms with Gasteiger partial charge in [-0.1, -0.05) is 61.3 Å². The van der Waals surface area contributed by atoms with Crippen molar-refractivity contribution >= 4 is 35.0 Å². The quantitative estimate of drug-likeness (QED) is 0.552. The molecule has 0 aromatic heterocycles. The summed E-state index contributed by atoms with van der Waals surface area (Å²) in [5.74, 6) is 0.190. The first-order chi connectivity index (χ1) is 14.4. The van der Waals surface area contributed by atoms with E-state index >= 15 is 0 Å². The van der Waals surface area contributed by atoms with Crippen molar-refractivity contribution in [3.05, 3.63) is 63.6 Å². The van der Waals surface area contributed by atoms with Crippen LogP contribution in [0, 0.1) is 6.92 Å². The van der Waals surface area contributed by atoms with E-state index in [1.165, 1.54) is 0 Å². The van der Waals surface area contributed by atoms with Gasteiger partial charge in [0.05, 0.1) is 10.0 Å². The van der Waals surface area contributed by atoms with Crippen molar-refractivity contribution < 1.29 is 14.3 Å². The Morgan fingerprint density at radius 3 is 2.47 bits per heavy atom. The standard InChI is InChI=1S/C23H28Cl2N2O3/c1-4-12-26-23(29)20(5-2)27(14-17-10-11-18(24)19(25)13-17)22(28)15-30-21-9-7-6-8-16(21)3/h6-11,13,20H,4-5,12,14-15H2,1-3H3,(H,26,29). The van der Waals surface area contributed by atoms with Gasteiger partial charge in [-0.15, -0.1) is 0 Å². The van der Waals surface area contributed by atoms with Crippen LogP contribution in [0.3, 0.4) is 0 Å². The third-order valence-corrected chi connectivity index (χ3v) is 5.46. The van der Waals surface area contributed by atoms with Crippen molar-refractivity contribution in [3.63, 3.8) is 0 Å². The minimum Gasteiger partial charge on any atom is -0.484 e. The molecule has 0 saturated heterocycles. The number of nitrogens with one attached hydrogen (secondary N) is 1. The van der Waals surface area contributed by atoms with Crippen LogP contribution in [0.15, 0.2) is 42.5 Å². The highest BCUT2D eigenvalue weighted by atomic mass is 35.5. The predicted molar refractivity (Wildman–Crippen MR) is 121 cm³/mol. The molecule has 162 valence electrons. The van der Waals surface area contributed by atoms with Crippen molar-refractivity contribution in [1.29, 1.82) is 0 Å². The molecule has 1 atom stereocenters. The molecule has 2 aromatic rings. The lowest BCUT2D eigenvalue weighted by atomic mass is 10.1. The molecule has 0 aliphatic heterocycles. The van der Waals surface area contributed by atoms with Gasteiger partial charge in [0.25, 0.3) is 5.91 Å². The first-order valence-corrected chi connectivity index (χ1v) is 10.8. The van der Waals surface area contributed by atoms with E-state index in [0.717, 1.165) is 17.5 Å². The molecule has 0 radical (unpaired) electrons. The first kappa shape index (κ1) is 24.0. The number of carbonyl (C=O) groups is 2. The largest absolute Gasteiger partial charge is 0.484 e. The van der Waals surface area contributed by atoms with Crippen LogP contribution in [0.2, 0.25) is 10.0 Å². The van der Waals surface area contributed by atoms with Gasteiger partial charge in [-0.05, 0) is 49.1 Å². The van der Waals surface area contributed by atoms with Crippen LogP contribution in [0.4, 0.5) is 0 Å². The molecule has 0 saturated carbocycles. The van der Waals surface area contributed by atoms with Crippen LogP contribution in [0.1, 0.15) is 37.8 Å². The summed E-state index contributed by atoms with van der Waals surface area (Å²) >= 11 is 12.2. The summed E-state index contributed by atoms with van der Waals surface area (Å²) < 4.78 is 5.75. The van der Waals surface area contributed by atoms with Crippen LogP contribution in [0.25, 0.3) is 0 Å². The van der Waals surface area contributed by atoms with Gasteiger partial charge in [0.15, 0.2) is 6.61 Å². The number of amides is 2. The average Bonchev–Trinajstić information content (AvgIpc) is 2.73. The second kappa shape index (κ2) is 11.8. The molecule has 2 rings (SSSR count). The molecule has 0 spiro atoms. The normalized spacial score (nSPS) is 11.6. The smallest absolute Gasteiger partial charge is 0.261 e. The number of rotatable bonds is 10. The van der Waals surface area contributed by atoms with Crippen molar-refractivity contribution in [2.45, 2.75) is 46.2 Å². The SMILES string of the molecule is CCCNC(=O)C(CC)N(Cc1ccc(Cl)c(Cl)c1)C(=O)COc1ccccc1C. The van der Waals surface area contributed by atoms with E-state index in [0.29, 0.717) is 28.8 Å². The highest BCUT2D eigenvalue weighted by Gasteiger charge is 2.29. The Labute approximate surface area is 188 Å². The zero-order valence-corrected chi connectivity index (χ0v) is 19.1. The minimum absolute atomic E-state index is 0.163. The van der Waals surface area contributed by atoms with E-state index in [4.69, 9.17) is 27.9 Å². The second-order valence-corrected chi connectivity index (χ2v) is 7.85. The van der Waals surface area contributed by atoms with Gasteiger partial charge in [0, 0.05) is 13.1 Å². The van der Waals surface area contributed by atoms with Crippen molar-refractivity contribution in [2.24, 2.45) is 0 Å². The fourth-order valence-electron chi connectivity index (χ4n) is 3.06. The third-order valence-electron chi connectivity index (χ3n) is 4.72. The molecule has 0 aliphatic carbocycles. The van der Waals surface area contributed by atoms with Crippen LogP contribution in [-0.4, -0.2) is 35.9 Å². The summed E-state index contributed by atoms with van der Waals surface area (Å²) in [6, 6.07) is 12.1. The fraction of sp³-hybridized carbons (Fsp3) is 0.391. The number of halogens is 2. The third kappa shape index (κ3) is 6.64. The number of hydrogen-bond acceptors (Lipinski definition) is 3. The molecule has 0 aliphatic rings. The molecule has 1 N–H and O–H groups in total. The summed E-state index contributed by atoms with van der Waals surface area (Å²) in [4.78, 5) is 27.4. The summed E-state index contributed by atoms with van der Waals surface area (Å²) in [7, 11) is 0. The van der Waals surface area contributed by atoms with Gasteiger partial charge in [-0.2, -0.15) is 0 Å². The molecule has 0 heterocycles. The molecule has 1 unspecified atom stereocenters. The predicted octanol–water partition coefficient (Wildman–Crippen LogP) is 5.01. The molecule has 2 amide bonds. The van der Waals surface area contributed by atoms with Crippen molar-refractivity contribution in [1.82, 2.24) is 10.2 Å². The lowest BCUT2D eigenvalue weighted by Crippen LogP contribution is -2.50. The maximum absolute atomic E-state index is 13.1. The van der Waals surface area contributed by atoms with Crippen molar-refractivity contribution in [2.75, 3.05) is 13.2 Å². The minimum atomic E-state index is -0.612. The lowest BCUT2D eigenvalue weighted by Gasteiger charge is -2.30. The van der Waals surface area contributed by atoms with E-state index in [9.17, 15) is 9.59 Å². The van der Waals surface area contributed by atoms with Gasteiger partial charge < -0.3 is 15.0 Å². The number of aryl methyl sites for hydroxylation is 1. The highest BCUT2D eigenvalue weighted by molar-refractivity contribution is 6.42. The zero-order chi connectivity index (χ0) is 22.1. The maximum atomic E-state index is 13.1. The zero-order valence-electron chi connectivity index (χ0n) is 17.6. The Morgan fingerprint density at radius 2 is 1.83 bits per heavy atom. The van der Waals surface area contributed by atoms with Crippen LogP contribution >= 0.6 is 23.2 Å². The number of para-hydroxylation sites is 1. The van der Waals surface area contributed by atoms with E-state index in [1.54, 1.807) is 23.1 Å². The van der Waals surface area contributed by atoms with E-state index < -0.39 is 6.04 Å². The summed E-state index contributed by atoms with van der Waals surface area (Å²) in [6.45, 7) is 6.40. The monoisotopic (exact) mass is 450 g/mol. The number of benzene rings is 2. The Bertz CT molecular complexity index is 873. The van der Waals surface area contributed by atoms with Gasteiger partial charge in [0.2, 0.25) is 5.91 Å². The molecule has 0 fully saturated rings. The summed E-state index contributed by atoms with van der Waals surface area (Å²) in [6.07, 6.45) is 1.30. The highest BCUT2D eigenvalue weighted by Crippen LogP contribution is 2.24. The molecular weight excluding hydrogens is 423 g/mol. The Balaban J connectivity index is 2.23. The molecule has 30 heavy (non-hydrogen) atoms. The number of ether oxygens (including phenoxy) is 1. The fourth-order valence-corrected chi connectivity index (χ4v) is 3.38. The van der Waals surface area contributed by atoms with Crippen LogP contribution in [0.5, 0.6) is 5.75 Å². The second-order valence-electron chi connectivity index (χ2n) is 7.04. The average molecular weight is 451 g/mol. The van der Waals surface area contributed by atoms with Crippen LogP contribution in [-0.2, 0) is 16.1 Å². The molecule has 5 nitrogen and oxygen atoms in total. The molecule has 7 heteroatoms. The van der Waals surface area contributed by atoms with E-state index in [1.807, 2.05) is 45.0 Å². The van der Waals surface area contributed by atoms with Gasteiger partial charge in [-0.3, -0.25) is 9.59 Å². The van der Waals surface area contributed by atoms with E-state index in [2.05, 4.69) is 5.32 Å². The van der Waals surface area contributed by atoms with Gasteiger partial charge in [0.1, 0.15) is 11.8 Å². The Kier molecular flexibility index (Phi) is 9.47. The summed E-state index contributed by atoms with van der Waals surface area (Å²) in [5.41, 5.74) is 1.73. The number of hydrogen-bond donors (Lipinski definition) is 1. The Morgan fingerprint density at radius 1 is 1.10 bits per heavy atom. The topological polar surface area (TPSA) is 58.6 Å². The van der Waals surface area contributed by atoms with E-state index in [-0.39, 0.29) is 25.0 Å². The van der Waals surface area contributed by atoms with Gasteiger partial charge in [-0.25, -0.2) is 0 Å². The number of nitrogens with zero attached hydrogens (tertiary/aromatic N) is 1. The molecule has 2 aromatic carbocycles. The maximum Gasteiger partial charge on any atom is 0.261 e. The van der Waals surface area contributed by atoms with Crippen LogP contribution < -0.4 is 10.1 Å². The van der Waals surface area contributed by atoms with Gasteiger partial charge >= 0.3 is 0 Å². The summed E-state index contributed by atoms with van der Waals surface area (Å²) in [5, 5.41) is 3.73. The first-order valence-electron chi connectivity index (χ1n) is 10.1. The molecule has 0 bridgehead atoms. The molecular formula is C23H28Cl2N2O3. The Hall–Kier alpha value is -2.24. The lowest BCUT2D eigenvalue weighted by molar-refractivity contribution is -0.143. The van der Waals surface area contributed by atoms with Crippen molar-refractivity contribution in [3.8, 4) is 5.75 Å².